The third kappa shape index (κ3) is 3.02. The van der Waals surface area contributed by atoms with Crippen LogP contribution >= 0.6 is 0 Å². The fourth-order valence-corrected chi connectivity index (χ4v) is 3.10. The van der Waals surface area contributed by atoms with Crippen molar-refractivity contribution in [3.8, 4) is 11.1 Å². The fraction of sp³-hybridized carbons (Fsp3) is 0.263. The second-order valence-corrected chi connectivity index (χ2v) is 5.73. The van der Waals surface area contributed by atoms with E-state index in [9.17, 15) is 14.0 Å². The molecule has 4 nitrogen and oxygen atoms in total. The number of hydrogen-bond donors (Lipinski definition) is 1. The van der Waals surface area contributed by atoms with Crippen molar-refractivity contribution in [2.24, 2.45) is 0 Å². The van der Waals surface area contributed by atoms with Crippen molar-refractivity contribution in [2.45, 2.75) is 25.3 Å². The maximum absolute atomic E-state index is 12.8. The Labute approximate surface area is 139 Å². The molecule has 0 aliphatic heterocycles. The van der Waals surface area contributed by atoms with Gasteiger partial charge in [-0.05, 0) is 28.7 Å². The van der Waals surface area contributed by atoms with Crippen LogP contribution in [0.5, 0.6) is 0 Å². The Balaban J connectivity index is 1.74. The molecular weight excluding hydrogens is 309 g/mol. The van der Waals surface area contributed by atoms with Crippen LogP contribution in [0, 0.1) is 0 Å². The monoisotopic (exact) mass is 327 g/mol. The second kappa shape index (κ2) is 6.83. The molecule has 0 aromatic heterocycles. The molecule has 24 heavy (non-hydrogen) atoms. The molecule has 0 heterocycles. The van der Waals surface area contributed by atoms with Crippen LogP contribution in [0.25, 0.3) is 11.1 Å². The Hall–Kier alpha value is -2.69. The quantitative estimate of drug-likeness (QED) is 0.850. The van der Waals surface area contributed by atoms with Gasteiger partial charge < -0.3 is 10.1 Å². The highest BCUT2D eigenvalue weighted by Crippen LogP contribution is 2.44. The third-order valence-corrected chi connectivity index (χ3v) is 4.32. The van der Waals surface area contributed by atoms with Gasteiger partial charge >= 0.3 is 12.1 Å². The van der Waals surface area contributed by atoms with Crippen LogP contribution in [-0.4, -0.2) is 24.8 Å². The lowest BCUT2D eigenvalue weighted by Gasteiger charge is -2.16. The van der Waals surface area contributed by atoms with Gasteiger partial charge in [0.1, 0.15) is 12.6 Å². The first-order chi connectivity index (χ1) is 11.6. The molecular formula is C19H18FNO3. The normalized spacial score (nSPS) is 13.8. The highest BCUT2D eigenvalue weighted by atomic mass is 19.1. The van der Waals surface area contributed by atoms with Crippen LogP contribution in [0.3, 0.4) is 0 Å². The van der Waals surface area contributed by atoms with E-state index in [-0.39, 0.29) is 18.9 Å². The van der Waals surface area contributed by atoms with Crippen LogP contribution in [0.2, 0.25) is 0 Å². The molecule has 1 amide bonds. The summed E-state index contributed by atoms with van der Waals surface area (Å²) in [4.78, 5) is 22.6. The van der Waals surface area contributed by atoms with Gasteiger partial charge in [-0.25, -0.2) is 4.79 Å². The van der Waals surface area contributed by atoms with Gasteiger partial charge in [-0.3, -0.25) is 4.79 Å². The van der Waals surface area contributed by atoms with Crippen LogP contribution < -0.4 is 5.32 Å². The molecule has 3 rings (SSSR count). The summed E-state index contributed by atoms with van der Waals surface area (Å²) < 4.78 is 18.0. The topological polar surface area (TPSA) is 55.4 Å². The van der Waals surface area contributed by atoms with E-state index in [4.69, 9.17) is 4.74 Å². The summed E-state index contributed by atoms with van der Waals surface area (Å²) in [6.07, 6.45) is -0.603. The lowest BCUT2D eigenvalue weighted by atomic mass is 9.98. The Bertz CT molecular complexity index is 729. The van der Waals surface area contributed by atoms with Crippen molar-refractivity contribution in [1.82, 2.24) is 5.32 Å². The van der Waals surface area contributed by atoms with Gasteiger partial charge in [0.05, 0.1) is 0 Å². The lowest BCUT2D eigenvalue weighted by molar-refractivity contribution is -0.131. The summed E-state index contributed by atoms with van der Waals surface area (Å²) in [6, 6.07) is 13.3. The summed E-state index contributed by atoms with van der Waals surface area (Å²) in [6.45, 7) is 1.75. The molecule has 1 aliphatic carbocycles. The molecule has 1 N–H and O–H groups in total. The molecule has 0 radical (unpaired) electrons. The molecule has 0 bridgehead atoms. The number of hydrogen-bond acceptors (Lipinski definition) is 3. The van der Waals surface area contributed by atoms with E-state index in [1.54, 1.807) is 6.92 Å². The first kappa shape index (κ1) is 16.2. The molecule has 1 aliphatic rings. The first-order valence-electron chi connectivity index (χ1n) is 7.92. The van der Waals surface area contributed by atoms with E-state index in [1.165, 1.54) is 0 Å². The Morgan fingerprint density at radius 2 is 1.62 bits per heavy atom. The smallest absolute Gasteiger partial charge is 0.407 e. The molecule has 0 unspecified atom stereocenters. The minimum absolute atomic E-state index is 0.0655. The zero-order chi connectivity index (χ0) is 17.1. The molecule has 1 atom stereocenters. The van der Waals surface area contributed by atoms with Gasteiger partial charge in [0.25, 0.3) is 0 Å². The van der Waals surface area contributed by atoms with Crippen molar-refractivity contribution >= 4 is 12.1 Å². The van der Waals surface area contributed by atoms with Crippen molar-refractivity contribution < 1.29 is 18.7 Å². The number of benzene rings is 2. The average Bonchev–Trinajstić information content (AvgIpc) is 2.91. The van der Waals surface area contributed by atoms with E-state index in [1.807, 2.05) is 48.5 Å². The SMILES string of the molecule is CC[C@H](NC(=O)OCC1c2ccccc2-c2ccccc21)C(=O)F. The van der Waals surface area contributed by atoms with Crippen molar-refractivity contribution in [3.05, 3.63) is 59.7 Å². The van der Waals surface area contributed by atoms with E-state index in [0.717, 1.165) is 22.3 Å². The van der Waals surface area contributed by atoms with Gasteiger partial charge in [0.15, 0.2) is 0 Å². The van der Waals surface area contributed by atoms with Crippen LogP contribution in [0.4, 0.5) is 9.18 Å². The Morgan fingerprint density at radius 3 is 2.12 bits per heavy atom. The van der Waals surface area contributed by atoms with Crippen molar-refractivity contribution in [2.75, 3.05) is 6.61 Å². The minimum Gasteiger partial charge on any atom is -0.449 e. The number of fused-ring (bicyclic) bond motifs is 3. The van der Waals surface area contributed by atoms with Crippen LogP contribution in [0.1, 0.15) is 30.4 Å². The summed E-state index contributed by atoms with van der Waals surface area (Å²) in [7, 11) is 0. The number of ether oxygens (including phenoxy) is 1. The predicted molar refractivity (Wildman–Crippen MR) is 88.4 cm³/mol. The Morgan fingerprint density at radius 1 is 1.08 bits per heavy atom. The average molecular weight is 327 g/mol. The minimum atomic E-state index is -1.56. The molecule has 0 fully saturated rings. The maximum Gasteiger partial charge on any atom is 0.407 e. The van der Waals surface area contributed by atoms with Gasteiger partial charge in [0, 0.05) is 5.92 Å². The number of amides is 1. The van der Waals surface area contributed by atoms with Gasteiger partial charge in [-0.2, -0.15) is 4.39 Å². The Kier molecular flexibility index (Phi) is 4.60. The molecule has 0 saturated carbocycles. The van der Waals surface area contributed by atoms with Crippen LogP contribution in [0.15, 0.2) is 48.5 Å². The maximum atomic E-state index is 12.8. The highest BCUT2D eigenvalue weighted by molar-refractivity contribution is 5.81. The number of carbonyl (C=O) groups is 2. The van der Waals surface area contributed by atoms with Crippen molar-refractivity contribution in [1.29, 1.82) is 0 Å². The number of rotatable bonds is 5. The zero-order valence-electron chi connectivity index (χ0n) is 13.3. The lowest BCUT2D eigenvalue weighted by Crippen LogP contribution is -2.39. The molecule has 0 spiro atoms. The first-order valence-corrected chi connectivity index (χ1v) is 7.92. The van der Waals surface area contributed by atoms with E-state index < -0.39 is 18.2 Å². The zero-order valence-corrected chi connectivity index (χ0v) is 13.3. The van der Waals surface area contributed by atoms with E-state index in [2.05, 4.69) is 5.32 Å². The molecule has 2 aromatic rings. The van der Waals surface area contributed by atoms with E-state index in [0.29, 0.717) is 0 Å². The highest BCUT2D eigenvalue weighted by Gasteiger charge is 2.29. The molecule has 2 aromatic carbocycles. The predicted octanol–water partition coefficient (Wildman–Crippen LogP) is 3.80. The van der Waals surface area contributed by atoms with Crippen LogP contribution in [-0.2, 0) is 9.53 Å². The fourth-order valence-electron chi connectivity index (χ4n) is 3.10. The number of halogens is 1. The summed E-state index contributed by atoms with van der Waals surface area (Å²) in [5.41, 5.74) is 4.46. The molecule has 5 heteroatoms. The van der Waals surface area contributed by atoms with Gasteiger partial charge in [0.2, 0.25) is 0 Å². The molecule has 124 valence electrons. The number of carbonyl (C=O) groups excluding carboxylic acids is 2. The summed E-state index contributed by atoms with van der Waals surface area (Å²) >= 11 is 0. The number of alkyl carbamates (subject to hydrolysis) is 1. The van der Waals surface area contributed by atoms with E-state index >= 15 is 0 Å². The molecule has 0 saturated heterocycles. The van der Waals surface area contributed by atoms with Crippen molar-refractivity contribution in [3.63, 3.8) is 0 Å². The second-order valence-electron chi connectivity index (χ2n) is 5.73. The largest absolute Gasteiger partial charge is 0.449 e. The standard InChI is InChI=1S/C19H18FNO3/c1-2-17(18(20)22)21-19(23)24-11-16-14-9-5-3-7-12(14)13-8-4-6-10-15(13)16/h3-10,16-17H,2,11H2,1H3,(H,21,23)/t17-/m0/s1. The van der Waals surface area contributed by atoms with Gasteiger partial charge in [-0.1, -0.05) is 55.5 Å². The summed E-state index contributed by atoms with van der Waals surface area (Å²) in [5.74, 6) is -0.0655. The van der Waals surface area contributed by atoms with Gasteiger partial charge in [-0.15, -0.1) is 0 Å². The summed E-state index contributed by atoms with van der Waals surface area (Å²) in [5, 5.41) is 2.25. The number of nitrogens with one attached hydrogen (secondary N) is 1. The third-order valence-electron chi connectivity index (χ3n) is 4.32.